The smallest absolute Gasteiger partial charge is 0.169 e. The summed E-state index contributed by atoms with van der Waals surface area (Å²) in [6.45, 7) is 13.4. The number of tetrazole rings is 1. The van der Waals surface area contributed by atoms with E-state index >= 15 is 0 Å². The van der Waals surface area contributed by atoms with Gasteiger partial charge in [-0.05, 0) is 63.0 Å². The predicted molar refractivity (Wildman–Crippen MR) is 80.4 cm³/mol. The average Bonchev–Trinajstić information content (AvgIpc) is 2.66. The van der Waals surface area contributed by atoms with E-state index in [4.69, 9.17) is 0 Å². The predicted octanol–water partition coefficient (Wildman–Crippen LogP) is 3.00. The minimum Gasteiger partial charge on any atom is -0.293 e. The van der Waals surface area contributed by atoms with Crippen LogP contribution in [-0.4, -0.2) is 38.2 Å². The Hall–Kier alpha value is -0.970. The van der Waals surface area contributed by atoms with Gasteiger partial charge in [0.25, 0.3) is 0 Å². The highest BCUT2D eigenvalue weighted by atomic mass is 15.6. The molecule has 5 heteroatoms. The van der Waals surface area contributed by atoms with Gasteiger partial charge in [0.15, 0.2) is 5.82 Å². The van der Waals surface area contributed by atoms with Crippen LogP contribution < -0.4 is 0 Å². The largest absolute Gasteiger partial charge is 0.293 e. The first kappa shape index (κ1) is 15.4. The molecule has 0 aliphatic carbocycles. The molecule has 0 aromatic carbocycles. The van der Waals surface area contributed by atoms with E-state index in [1.54, 1.807) is 0 Å². The van der Waals surface area contributed by atoms with Gasteiger partial charge in [-0.15, -0.1) is 5.10 Å². The lowest BCUT2D eigenvalue weighted by Gasteiger charge is -2.34. The van der Waals surface area contributed by atoms with Gasteiger partial charge in [-0.3, -0.25) is 4.90 Å². The number of aromatic nitrogens is 4. The molecule has 0 saturated carbocycles. The molecular formula is C15H29N5. The third kappa shape index (κ3) is 3.37. The van der Waals surface area contributed by atoms with Crippen molar-refractivity contribution in [1.29, 1.82) is 0 Å². The standard InChI is InChI=1S/C15H29N5/c1-12(2)13(19-10-8-6-7-9-11-19)14-16-17-18-20(14)15(3,4)5/h12-13H,6-11H2,1-5H3. The highest BCUT2D eigenvalue weighted by molar-refractivity contribution is 4.98. The Balaban J connectivity index is 2.31. The number of hydrogen-bond donors (Lipinski definition) is 0. The Morgan fingerprint density at radius 3 is 2.10 bits per heavy atom. The lowest BCUT2D eigenvalue weighted by Crippen LogP contribution is -2.37. The molecule has 1 atom stereocenters. The summed E-state index contributed by atoms with van der Waals surface area (Å²) in [5.41, 5.74) is -0.0716. The molecule has 1 unspecified atom stereocenters. The summed E-state index contributed by atoms with van der Waals surface area (Å²) >= 11 is 0. The zero-order valence-electron chi connectivity index (χ0n) is 13.6. The van der Waals surface area contributed by atoms with Crippen molar-refractivity contribution in [2.24, 2.45) is 5.92 Å². The average molecular weight is 279 g/mol. The number of nitrogens with zero attached hydrogens (tertiary/aromatic N) is 5. The molecule has 20 heavy (non-hydrogen) atoms. The van der Waals surface area contributed by atoms with Gasteiger partial charge in [-0.25, -0.2) is 4.68 Å². The van der Waals surface area contributed by atoms with Crippen molar-refractivity contribution < 1.29 is 0 Å². The quantitative estimate of drug-likeness (QED) is 0.853. The Bertz CT molecular complexity index is 410. The van der Waals surface area contributed by atoms with Crippen LogP contribution in [-0.2, 0) is 5.54 Å². The van der Waals surface area contributed by atoms with Crippen molar-refractivity contribution in [3.8, 4) is 0 Å². The van der Waals surface area contributed by atoms with Crippen LogP contribution in [0.5, 0.6) is 0 Å². The molecular weight excluding hydrogens is 250 g/mol. The maximum absolute atomic E-state index is 4.37. The minimum atomic E-state index is -0.0716. The summed E-state index contributed by atoms with van der Waals surface area (Å²) in [5.74, 6) is 1.54. The lowest BCUT2D eigenvalue weighted by atomic mass is 9.99. The molecule has 1 aliphatic rings. The summed E-state index contributed by atoms with van der Waals surface area (Å²) in [4.78, 5) is 2.59. The van der Waals surface area contributed by atoms with Crippen molar-refractivity contribution in [3.63, 3.8) is 0 Å². The van der Waals surface area contributed by atoms with Gasteiger partial charge < -0.3 is 0 Å². The van der Waals surface area contributed by atoms with Crippen LogP contribution in [0, 0.1) is 5.92 Å². The van der Waals surface area contributed by atoms with Gasteiger partial charge in [-0.2, -0.15) is 0 Å². The summed E-state index contributed by atoms with van der Waals surface area (Å²) in [5, 5.41) is 12.6. The fraction of sp³-hybridized carbons (Fsp3) is 0.933. The SMILES string of the molecule is CC(C)C(c1nnnn1C(C)(C)C)N1CCCCCC1. The van der Waals surface area contributed by atoms with Crippen LogP contribution in [0.15, 0.2) is 0 Å². The van der Waals surface area contributed by atoms with Gasteiger partial charge in [0.2, 0.25) is 0 Å². The molecule has 2 rings (SSSR count). The van der Waals surface area contributed by atoms with Crippen molar-refractivity contribution in [3.05, 3.63) is 5.82 Å². The van der Waals surface area contributed by atoms with Crippen LogP contribution in [0.4, 0.5) is 0 Å². The molecule has 0 N–H and O–H groups in total. The lowest BCUT2D eigenvalue weighted by molar-refractivity contribution is 0.141. The van der Waals surface area contributed by atoms with E-state index in [2.05, 4.69) is 55.0 Å². The summed E-state index contributed by atoms with van der Waals surface area (Å²) < 4.78 is 2.00. The highest BCUT2D eigenvalue weighted by Crippen LogP contribution is 2.31. The molecule has 5 nitrogen and oxygen atoms in total. The monoisotopic (exact) mass is 279 g/mol. The topological polar surface area (TPSA) is 46.8 Å². The summed E-state index contributed by atoms with van der Waals surface area (Å²) in [6, 6.07) is 0.322. The van der Waals surface area contributed by atoms with E-state index in [0.717, 1.165) is 5.82 Å². The Labute approximate surface area is 122 Å². The maximum Gasteiger partial charge on any atom is 0.169 e. The zero-order chi connectivity index (χ0) is 14.8. The molecule has 1 aromatic rings. The molecule has 1 aliphatic heterocycles. The molecule has 1 aromatic heterocycles. The van der Waals surface area contributed by atoms with Crippen LogP contribution in [0.2, 0.25) is 0 Å². The summed E-state index contributed by atoms with van der Waals surface area (Å²) in [7, 11) is 0. The fourth-order valence-corrected chi connectivity index (χ4v) is 3.11. The van der Waals surface area contributed by atoms with Crippen molar-refractivity contribution in [2.45, 2.75) is 71.9 Å². The van der Waals surface area contributed by atoms with Crippen LogP contribution in [0.1, 0.15) is 72.2 Å². The number of hydrogen-bond acceptors (Lipinski definition) is 4. The molecule has 1 saturated heterocycles. The fourth-order valence-electron chi connectivity index (χ4n) is 3.11. The first-order valence-corrected chi connectivity index (χ1v) is 7.94. The van der Waals surface area contributed by atoms with Crippen molar-refractivity contribution in [1.82, 2.24) is 25.1 Å². The first-order valence-electron chi connectivity index (χ1n) is 7.94. The maximum atomic E-state index is 4.37. The van der Waals surface area contributed by atoms with Crippen LogP contribution in [0.25, 0.3) is 0 Å². The molecule has 0 radical (unpaired) electrons. The van der Waals surface area contributed by atoms with E-state index in [9.17, 15) is 0 Å². The van der Waals surface area contributed by atoms with Crippen LogP contribution >= 0.6 is 0 Å². The molecule has 0 spiro atoms. The zero-order valence-corrected chi connectivity index (χ0v) is 13.6. The molecule has 0 amide bonds. The van der Waals surface area contributed by atoms with E-state index in [1.165, 1.54) is 38.8 Å². The molecule has 114 valence electrons. The second-order valence-corrected chi connectivity index (χ2v) is 7.26. The minimum absolute atomic E-state index is 0.0716. The molecule has 0 bridgehead atoms. The third-order valence-corrected chi connectivity index (χ3v) is 4.06. The second kappa shape index (κ2) is 6.20. The van der Waals surface area contributed by atoms with E-state index < -0.39 is 0 Å². The van der Waals surface area contributed by atoms with Crippen LogP contribution in [0.3, 0.4) is 0 Å². The van der Waals surface area contributed by atoms with Gasteiger partial charge in [0, 0.05) is 0 Å². The Morgan fingerprint density at radius 1 is 1.00 bits per heavy atom. The van der Waals surface area contributed by atoms with Crippen molar-refractivity contribution >= 4 is 0 Å². The van der Waals surface area contributed by atoms with E-state index in [0.29, 0.717) is 12.0 Å². The number of likely N-dealkylation sites (tertiary alicyclic amines) is 1. The molecule has 2 heterocycles. The van der Waals surface area contributed by atoms with E-state index in [1.807, 2.05) is 4.68 Å². The normalized spacial score (nSPS) is 20.1. The third-order valence-electron chi connectivity index (χ3n) is 4.06. The van der Waals surface area contributed by atoms with Gasteiger partial charge in [-0.1, -0.05) is 26.7 Å². The number of rotatable bonds is 3. The highest BCUT2D eigenvalue weighted by Gasteiger charge is 2.32. The molecule has 1 fully saturated rings. The van der Waals surface area contributed by atoms with Gasteiger partial charge in [0.1, 0.15) is 0 Å². The van der Waals surface area contributed by atoms with Crippen molar-refractivity contribution in [2.75, 3.05) is 13.1 Å². The second-order valence-electron chi connectivity index (χ2n) is 7.26. The van der Waals surface area contributed by atoms with Gasteiger partial charge in [0.05, 0.1) is 11.6 Å². The van der Waals surface area contributed by atoms with E-state index in [-0.39, 0.29) is 5.54 Å². The van der Waals surface area contributed by atoms with Gasteiger partial charge >= 0.3 is 0 Å². The summed E-state index contributed by atoms with van der Waals surface area (Å²) in [6.07, 6.45) is 5.29. The Kier molecular flexibility index (Phi) is 4.78. The Morgan fingerprint density at radius 2 is 1.60 bits per heavy atom. The first-order chi connectivity index (χ1) is 9.41.